The number of carbonyl (C=O) groups is 1. The number of thiol groups is 1. The molecule has 1 aromatic rings. The molecule has 1 N–H and O–H groups in total. The van der Waals surface area contributed by atoms with Gasteiger partial charge in [0, 0.05) is 11.3 Å². The molecule has 0 bridgehead atoms. The van der Waals surface area contributed by atoms with Gasteiger partial charge in [-0.25, -0.2) is 0 Å². The van der Waals surface area contributed by atoms with E-state index in [1.807, 2.05) is 25.1 Å². The van der Waals surface area contributed by atoms with E-state index in [0.29, 0.717) is 6.42 Å². The monoisotopic (exact) mass is 196 g/mol. The molecular formula is C10H12O2S. The summed E-state index contributed by atoms with van der Waals surface area (Å²) in [6.45, 7) is 1.98. The van der Waals surface area contributed by atoms with Crippen LogP contribution in [0.5, 0.6) is 0 Å². The Hall–Kier alpha value is -0.960. The smallest absolute Gasteiger partial charge is 0.303 e. The maximum atomic E-state index is 10.3. The van der Waals surface area contributed by atoms with Gasteiger partial charge < -0.3 is 5.11 Å². The van der Waals surface area contributed by atoms with E-state index in [0.717, 1.165) is 16.0 Å². The molecule has 0 fully saturated rings. The molecule has 0 saturated carbocycles. The fourth-order valence-corrected chi connectivity index (χ4v) is 1.40. The predicted octanol–water partition coefficient (Wildman–Crippen LogP) is 2.30. The van der Waals surface area contributed by atoms with Crippen LogP contribution in [0, 0.1) is 6.92 Å². The van der Waals surface area contributed by atoms with Gasteiger partial charge in [-0.3, -0.25) is 4.79 Å². The lowest BCUT2D eigenvalue weighted by Crippen LogP contribution is -1.98. The van der Waals surface area contributed by atoms with Gasteiger partial charge in [-0.05, 0) is 36.6 Å². The standard InChI is InChI=1S/C10H12O2S/c1-7-2-4-9(13)6-8(7)3-5-10(11)12/h2,4,6,13H,3,5H2,1H3,(H,11,12). The summed E-state index contributed by atoms with van der Waals surface area (Å²) in [7, 11) is 0. The highest BCUT2D eigenvalue weighted by molar-refractivity contribution is 7.80. The molecule has 0 aromatic heterocycles. The minimum atomic E-state index is -0.760. The summed E-state index contributed by atoms with van der Waals surface area (Å²) >= 11 is 4.20. The van der Waals surface area contributed by atoms with Crippen molar-refractivity contribution in [3.8, 4) is 0 Å². The lowest BCUT2D eigenvalue weighted by atomic mass is 10.0. The van der Waals surface area contributed by atoms with Crippen LogP contribution in [0.2, 0.25) is 0 Å². The summed E-state index contributed by atoms with van der Waals surface area (Å²) < 4.78 is 0. The highest BCUT2D eigenvalue weighted by Crippen LogP contribution is 2.15. The zero-order chi connectivity index (χ0) is 9.84. The zero-order valence-electron chi connectivity index (χ0n) is 7.45. The molecular weight excluding hydrogens is 184 g/mol. The number of benzene rings is 1. The highest BCUT2D eigenvalue weighted by Gasteiger charge is 2.02. The van der Waals surface area contributed by atoms with E-state index < -0.39 is 5.97 Å². The number of aryl methyl sites for hydroxylation is 2. The third kappa shape index (κ3) is 3.11. The fourth-order valence-electron chi connectivity index (χ4n) is 1.17. The van der Waals surface area contributed by atoms with Crippen LogP contribution in [-0.4, -0.2) is 11.1 Å². The largest absolute Gasteiger partial charge is 0.481 e. The molecule has 13 heavy (non-hydrogen) atoms. The maximum absolute atomic E-state index is 10.3. The van der Waals surface area contributed by atoms with Crippen LogP contribution in [0.3, 0.4) is 0 Å². The molecule has 70 valence electrons. The van der Waals surface area contributed by atoms with Crippen molar-refractivity contribution in [2.75, 3.05) is 0 Å². The summed E-state index contributed by atoms with van der Waals surface area (Å²) in [6.07, 6.45) is 0.758. The average molecular weight is 196 g/mol. The zero-order valence-corrected chi connectivity index (χ0v) is 8.34. The summed E-state index contributed by atoms with van der Waals surface area (Å²) in [5, 5.41) is 8.52. The van der Waals surface area contributed by atoms with Crippen LogP contribution in [-0.2, 0) is 11.2 Å². The molecule has 0 spiro atoms. The van der Waals surface area contributed by atoms with Crippen LogP contribution in [0.1, 0.15) is 17.5 Å². The first-order chi connectivity index (χ1) is 6.09. The first-order valence-electron chi connectivity index (χ1n) is 4.10. The van der Waals surface area contributed by atoms with Crippen molar-refractivity contribution >= 4 is 18.6 Å². The average Bonchev–Trinajstić information content (AvgIpc) is 2.06. The van der Waals surface area contributed by atoms with E-state index in [1.54, 1.807) is 0 Å². The molecule has 0 aliphatic heterocycles. The summed E-state index contributed by atoms with van der Waals surface area (Å²) in [6, 6.07) is 5.78. The van der Waals surface area contributed by atoms with Crippen molar-refractivity contribution in [1.82, 2.24) is 0 Å². The number of carboxylic acid groups (broad SMARTS) is 1. The third-order valence-electron chi connectivity index (χ3n) is 1.94. The summed E-state index contributed by atoms with van der Waals surface area (Å²) in [5.74, 6) is -0.760. The van der Waals surface area contributed by atoms with Gasteiger partial charge >= 0.3 is 5.97 Å². The molecule has 1 aromatic carbocycles. The molecule has 3 heteroatoms. The Kier molecular flexibility index (Phi) is 3.37. The van der Waals surface area contributed by atoms with Gasteiger partial charge in [0.2, 0.25) is 0 Å². The minimum absolute atomic E-state index is 0.179. The molecule has 2 nitrogen and oxygen atoms in total. The summed E-state index contributed by atoms with van der Waals surface area (Å²) in [5.41, 5.74) is 2.19. The number of hydrogen-bond acceptors (Lipinski definition) is 2. The normalized spacial score (nSPS) is 10.0. The molecule has 0 unspecified atom stereocenters. The van der Waals surface area contributed by atoms with Crippen molar-refractivity contribution in [3.63, 3.8) is 0 Å². The van der Waals surface area contributed by atoms with Crippen molar-refractivity contribution in [2.45, 2.75) is 24.7 Å². The van der Waals surface area contributed by atoms with E-state index >= 15 is 0 Å². The maximum Gasteiger partial charge on any atom is 0.303 e. The SMILES string of the molecule is Cc1ccc(S)cc1CCC(=O)O. The van der Waals surface area contributed by atoms with E-state index in [4.69, 9.17) is 5.11 Å². The molecule has 0 radical (unpaired) electrons. The van der Waals surface area contributed by atoms with E-state index in [-0.39, 0.29) is 6.42 Å². The molecule has 0 aliphatic carbocycles. The van der Waals surface area contributed by atoms with Crippen LogP contribution >= 0.6 is 12.6 Å². The van der Waals surface area contributed by atoms with Crippen molar-refractivity contribution in [2.24, 2.45) is 0 Å². The van der Waals surface area contributed by atoms with Crippen molar-refractivity contribution in [3.05, 3.63) is 29.3 Å². The van der Waals surface area contributed by atoms with Crippen molar-refractivity contribution < 1.29 is 9.90 Å². The Bertz CT molecular complexity index is 321. The first-order valence-corrected chi connectivity index (χ1v) is 4.54. The van der Waals surface area contributed by atoms with E-state index in [1.165, 1.54) is 0 Å². The molecule has 0 amide bonds. The van der Waals surface area contributed by atoms with E-state index in [2.05, 4.69) is 12.6 Å². The quantitative estimate of drug-likeness (QED) is 0.728. The molecule has 0 heterocycles. The Morgan fingerprint density at radius 1 is 1.54 bits per heavy atom. The van der Waals surface area contributed by atoms with E-state index in [9.17, 15) is 4.79 Å². The molecule has 0 atom stereocenters. The lowest BCUT2D eigenvalue weighted by molar-refractivity contribution is -0.136. The second kappa shape index (κ2) is 4.33. The minimum Gasteiger partial charge on any atom is -0.481 e. The Morgan fingerprint density at radius 3 is 2.85 bits per heavy atom. The predicted molar refractivity (Wildman–Crippen MR) is 54.4 cm³/mol. The fraction of sp³-hybridized carbons (Fsp3) is 0.300. The van der Waals surface area contributed by atoms with Crippen molar-refractivity contribution in [1.29, 1.82) is 0 Å². The number of carboxylic acids is 1. The molecule has 0 aliphatic rings. The number of aliphatic carboxylic acids is 1. The van der Waals surface area contributed by atoms with Gasteiger partial charge in [0.05, 0.1) is 0 Å². The van der Waals surface area contributed by atoms with Crippen LogP contribution in [0.15, 0.2) is 23.1 Å². The van der Waals surface area contributed by atoms with Crippen LogP contribution < -0.4 is 0 Å². The van der Waals surface area contributed by atoms with Gasteiger partial charge in [-0.1, -0.05) is 6.07 Å². The second-order valence-corrected chi connectivity index (χ2v) is 3.52. The highest BCUT2D eigenvalue weighted by atomic mass is 32.1. The second-order valence-electron chi connectivity index (χ2n) is 3.00. The van der Waals surface area contributed by atoms with Crippen LogP contribution in [0.25, 0.3) is 0 Å². The Balaban J connectivity index is 2.75. The third-order valence-corrected chi connectivity index (χ3v) is 2.22. The van der Waals surface area contributed by atoms with Gasteiger partial charge in [-0.15, -0.1) is 12.6 Å². The lowest BCUT2D eigenvalue weighted by Gasteiger charge is -2.04. The van der Waals surface area contributed by atoms with Gasteiger partial charge in [0.1, 0.15) is 0 Å². The summed E-state index contributed by atoms with van der Waals surface area (Å²) in [4.78, 5) is 11.2. The topological polar surface area (TPSA) is 37.3 Å². The number of hydrogen-bond donors (Lipinski definition) is 2. The molecule has 1 rings (SSSR count). The van der Waals surface area contributed by atoms with Gasteiger partial charge in [0.25, 0.3) is 0 Å². The Labute approximate surface area is 83.0 Å². The van der Waals surface area contributed by atoms with Crippen LogP contribution in [0.4, 0.5) is 0 Å². The number of rotatable bonds is 3. The van der Waals surface area contributed by atoms with Gasteiger partial charge in [-0.2, -0.15) is 0 Å². The van der Waals surface area contributed by atoms with Gasteiger partial charge in [0.15, 0.2) is 0 Å². The Morgan fingerprint density at radius 2 is 2.23 bits per heavy atom. The first kappa shape index (κ1) is 10.1. The molecule has 0 saturated heterocycles.